The lowest BCUT2D eigenvalue weighted by molar-refractivity contribution is 0.0527. The number of carbonyl (C=O) groups excluding carboxylic acids is 1. The Bertz CT molecular complexity index is 748. The number of esters is 1. The van der Waals surface area contributed by atoms with Gasteiger partial charge in [0.15, 0.2) is 0 Å². The molecule has 0 unspecified atom stereocenters. The van der Waals surface area contributed by atoms with Crippen molar-refractivity contribution in [2.75, 3.05) is 18.5 Å². The fourth-order valence-electron chi connectivity index (χ4n) is 3.32. The molecular formula is C20H29N3O2. The molecular weight excluding hydrogens is 314 g/mol. The van der Waals surface area contributed by atoms with Crippen molar-refractivity contribution < 1.29 is 9.53 Å². The predicted octanol–water partition coefficient (Wildman–Crippen LogP) is 3.98. The van der Waals surface area contributed by atoms with E-state index in [9.17, 15) is 4.79 Å². The van der Waals surface area contributed by atoms with Gasteiger partial charge in [-0.15, -0.1) is 0 Å². The summed E-state index contributed by atoms with van der Waals surface area (Å²) in [5.74, 6) is -0.361. The van der Waals surface area contributed by atoms with Gasteiger partial charge in [-0.3, -0.25) is 4.98 Å². The fraction of sp³-hybridized carbons (Fsp3) is 0.500. The summed E-state index contributed by atoms with van der Waals surface area (Å²) >= 11 is 0. The van der Waals surface area contributed by atoms with Gasteiger partial charge in [0.05, 0.1) is 17.8 Å². The first-order chi connectivity index (χ1) is 11.6. The number of nitrogens with one attached hydrogen (secondary N) is 1. The molecule has 0 saturated heterocycles. The molecule has 0 fully saturated rings. The SMILES string of the molecule is CCOC(=O)c1cnc2ccccc2c1NCC(C)(C)CC(C)(C)N. The van der Waals surface area contributed by atoms with Gasteiger partial charge in [-0.2, -0.15) is 0 Å². The molecule has 0 radical (unpaired) electrons. The third-order valence-electron chi connectivity index (χ3n) is 3.95. The van der Waals surface area contributed by atoms with Crippen molar-refractivity contribution >= 4 is 22.6 Å². The quantitative estimate of drug-likeness (QED) is 0.744. The monoisotopic (exact) mass is 343 g/mol. The Kier molecular flexibility index (Phi) is 5.68. The summed E-state index contributed by atoms with van der Waals surface area (Å²) in [6.07, 6.45) is 2.44. The zero-order chi connectivity index (χ0) is 18.7. The zero-order valence-corrected chi connectivity index (χ0v) is 15.8. The summed E-state index contributed by atoms with van der Waals surface area (Å²) in [4.78, 5) is 16.7. The van der Waals surface area contributed by atoms with Crippen molar-refractivity contribution in [3.05, 3.63) is 36.0 Å². The summed E-state index contributed by atoms with van der Waals surface area (Å²) in [6, 6.07) is 7.78. The van der Waals surface area contributed by atoms with Gasteiger partial charge in [0, 0.05) is 23.7 Å². The third-order valence-corrected chi connectivity index (χ3v) is 3.95. The van der Waals surface area contributed by atoms with Crippen LogP contribution in [-0.2, 0) is 4.74 Å². The Morgan fingerprint density at radius 1 is 1.24 bits per heavy atom. The van der Waals surface area contributed by atoms with Crippen molar-refractivity contribution in [1.29, 1.82) is 0 Å². The van der Waals surface area contributed by atoms with Crippen LogP contribution in [0, 0.1) is 5.41 Å². The first-order valence-corrected chi connectivity index (χ1v) is 8.70. The van der Waals surface area contributed by atoms with Crippen molar-refractivity contribution in [3.8, 4) is 0 Å². The number of ether oxygens (including phenoxy) is 1. The number of hydrogen-bond acceptors (Lipinski definition) is 5. The highest BCUT2D eigenvalue weighted by atomic mass is 16.5. The fourth-order valence-corrected chi connectivity index (χ4v) is 3.32. The lowest BCUT2D eigenvalue weighted by atomic mass is 9.80. The zero-order valence-electron chi connectivity index (χ0n) is 15.8. The number of fused-ring (bicyclic) bond motifs is 1. The maximum absolute atomic E-state index is 12.3. The van der Waals surface area contributed by atoms with Crippen LogP contribution in [0.3, 0.4) is 0 Å². The molecule has 2 aromatic rings. The van der Waals surface area contributed by atoms with Gasteiger partial charge in [-0.25, -0.2) is 4.79 Å². The Morgan fingerprint density at radius 3 is 2.56 bits per heavy atom. The van der Waals surface area contributed by atoms with Gasteiger partial charge >= 0.3 is 5.97 Å². The van der Waals surface area contributed by atoms with Crippen LogP contribution in [0.15, 0.2) is 30.5 Å². The molecule has 1 aromatic heterocycles. The van der Waals surface area contributed by atoms with Gasteiger partial charge in [-0.05, 0) is 38.7 Å². The Morgan fingerprint density at radius 2 is 1.92 bits per heavy atom. The summed E-state index contributed by atoms with van der Waals surface area (Å²) in [5.41, 5.74) is 7.97. The number of aromatic nitrogens is 1. The van der Waals surface area contributed by atoms with Crippen LogP contribution in [0.25, 0.3) is 10.9 Å². The van der Waals surface area contributed by atoms with Crippen LogP contribution in [0.2, 0.25) is 0 Å². The largest absolute Gasteiger partial charge is 0.462 e. The first kappa shape index (κ1) is 19.2. The molecule has 1 heterocycles. The van der Waals surface area contributed by atoms with Crippen LogP contribution in [0.5, 0.6) is 0 Å². The Balaban J connectivity index is 2.37. The highest BCUT2D eigenvalue weighted by Gasteiger charge is 2.27. The number of anilines is 1. The normalized spacial score (nSPS) is 12.2. The summed E-state index contributed by atoms with van der Waals surface area (Å²) in [6.45, 7) is 11.2. The number of hydrogen-bond donors (Lipinski definition) is 2. The van der Waals surface area contributed by atoms with E-state index < -0.39 is 0 Å². The highest BCUT2D eigenvalue weighted by Crippen LogP contribution is 2.31. The van der Waals surface area contributed by atoms with E-state index in [1.54, 1.807) is 13.1 Å². The number of nitrogens with zero attached hydrogens (tertiary/aromatic N) is 1. The van der Waals surface area contributed by atoms with Gasteiger partial charge in [-0.1, -0.05) is 32.0 Å². The molecule has 0 amide bonds. The maximum atomic E-state index is 12.3. The van der Waals surface area contributed by atoms with Crippen molar-refractivity contribution in [3.63, 3.8) is 0 Å². The van der Waals surface area contributed by atoms with Crippen LogP contribution >= 0.6 is 0 Å². The minimum absolute atomic E-state index is 0.0332. The number of rotatable bonds is 7. The second-order valence-corrected chi connectivity index (χ2v) is 7.97. The molecule has 5 heteroatoms. The van der Waals surface area contributed by atoms with E-state index in [0.29, 0.717) is 18.7 Å². The molecule has 0 aliphatic rings. The minimum atomic E-state index is -0.361. The number of carbonyl (C=O) groups is 1. The van der Waals surface area contributed by atoms with E-state index in [-0.39, 0.29) is 16.9 Å². The molecule has 0 spiro atoms. The number of pyridine rings is 1. The maximum Gasteiger partial charge on any atom is 0.341 e. The first-order valence-electron chi connectivity index (χ1n) is 8.70. The van der Waals surface area contributed by atoms with E-state index in [1.165, 1.54) is 0 Å². The summed E-state index contributed by atoms with van der Waals surface area (Å²) < 4.78 is 5.19. The second-order valence-electron chi connectivity index (χ2n) is 7.97. The van der Waals surface area contributed by atoms with Crippen LogP contribution in [0.4, 0.5) is 5.69 Å². The molecule has 1 aromatic carbocycles. The molecule has 2 rings (SSSR count). The lowest BCUT2D eigenvalue weighted by Gasteiger charge is -2.33. The molecule has 0 saturated carbocycles. The van der Waals surface area contributed by atoms with E-state index in [4.69, 9.17) is 10.5 Å². The van der Waals surface area contributed by atoms with Crippen molar-refractivity contribution in [1.82, 2.24) is 4.98 Å². The molecule has 0 atom stereocenters. The average molecular weight is 343 g/mol. The van der Waals surface area contributed by atoms with Gasteiger partial charge in [0.2, 0.25) is 0 Å². The minimum Gasteiger partial charge on any atom is -0.462 e. The molecule has 0 aliphatic heterocycles. The van der Waals surface area contributed by atoms with Gasteiger partial charge in [0.25, 0.3) is 0 Å². The smallest absolute Gasteiger partial charge is 0.341 e. The molecule has 0 bridgehead atoms. The second kappa shape index (κ2) is 7.40. The molecule has 0 aliphatic carbocycles. The highest BCUT2D eigenvalue weighted by molar-refractivity contribution is 6.04. The average Bonchev–Trinajstić information content (AvgIpc) is 2.50. The van der Waals surface area contributed by atoms with Gasteiger partial charge in [0.1, 0.15) is 5.56 Å². The van der Waals surface area contributed by atoms with Crippen molar-refractivity contribution in [2.45, 2.75) is 46.6 Å². The van der Waals surface area contributed by atoms with E-state index in [2.05, 4.69) is 24.1 Å². The topological polar surface area (TPSA) is 77.2 Å². The van der Waals surface area contributed by atoms with Crippen LogP contribution in [0.1, 0.15) is 51.4 Å². The number of benzene rings is 1. The lowest BCUT2D eigenvalue weighted by Crippen LogP contribution is -2.40. The molecule has 136 valence electrons. The molecule has 3 N–H and O–H groups in total. The van der Waals surface area contributed by atoms with E-state index in [1.807, 2.05) is 38.1 Å². The van der Waals surface area contributed by atoms with Gasteiger partial charge < -0.3 is 15.8 Å². The van der Waals surface area contributed by atoms with E-state index >= 15 is 0 Å². The number of nitrogens with two attached hydrogens (primary N) is 1. The summed E-state index contributed by atoms with van der Waals surface area (Å²) in [7, 11) is 0. The van der Waals surface area contributed by atoms with Crippen molar-refractivity contribution in [2.24, 2.45) is 11.1 Å². The molecule has 25 heavy (non-hydrogen) atoms. The van der Waals surface area contributed by atoms with E-state index in [0.717, 1.165) is 23.0 Å². The Labute approximate surface area is 150 Å². The predicted molar refractivity (Wildman–Crippen MR) is 103 cm³/mol. The van der Waals surface area contributed by atoms with Crippen LogP contribution in [-0.4, -0.2) is 29.6 Å². The van der Waals surface area contributed by atoms with Crippen LogP contribution < -0.4 is 11.1 Å². The number of para-hydroxylation sites is 1. The Hall–Kier alpha value is -2.14. The third kappa shape index (κ3) is 5.16. The molecule has 5 nitrogen and oxygen atoms in total. The standard InChI is InChI=1S/C20H29N3O2/c1-6-25-18(24)15-11-22-16-10-8-7-9-14(16)17(15)23-13-19(2,3)12-20(4,5)21/h7-11H,6,12-13,21H2,1-5H3,(H,22,23). The summed E-state index contributed by atoms with van der Waals surface area (Å²) in [5, 5.41) is 4.37.